The van der Waals surface area contributed by atoms with Gasteiger partial charge in [0.2, 0.25) is 11.8 Å². The quantitative estimate of drug-likeness (QED) is 0.189. The second-order valence-corrected chi connectivity index (χ2v) is 10.1. The van der Waals surface area contributed by atoms with Crippen molar-refractivity contribution in [1.29, 1.82) is 5.41 Å². The topological polar surface area (TPSA) is 149 Å². The summed E-state index contributed by atoms with van der Waals surface area (Å²) in [6, 6.07) is 19.2. The molecular formula is C28H31N5O4S. The zero-order chi connectivity index (χ0) is 27.1. The van der Waals surface area contributed by atoms with E-state index in [0.29, 0.717) is 24.3 Å². The number of thiophene rings is 1. The first-order valence-electron chi connectivity index (χ1n) is 12.4. The number of hydrogen-bond acceptors (Lipinski definition) is 6. The lowest BCUT2D eigenvalue weighted by molar-refractivity contribution is -0.141. The molecule has 6 N–H and O–H groups in total. The maximum atomic E-state index is 14.1. The van der Waals surface area contributed by atoms with E-state index in [1.54, 1.807) is 11.0 Å². The highest BCUT2D eigenvalue weighted by Crippen LogP contribution is 2.31. The third kappa shape index (κ3) is 6.45. The summed E-state index contributed by atoms with van der Waals surface area (Å²) in [6.45, 7) is 0.276. The summed E-state index contributed by atoms with van der Waals surface area (Å²) in [7, 11) is 0. The van der Waals surface area contributed by atoms with Gasteiger partial charge in [0, 0.05) is 19.0 Å². The average Bonchev–Trinajstić information content (AvgIpc) is 3.61. The molecule has 1 fully saturated rings. The number of nitrogens with one attached hydrogen (secondary N) is 3. The second kappa shape index (κ2) is 12.5. The Morgan fingerprint density at radius 2 is 1.71 bits per heavy atom. The fraction of sp³-hybridized carbons (Fsp3) is 0.286. The molecule has 3 aromatic rings. The van der Waals surface area contributed by atoms with Gasteiger partial charge in [-0.15, -0.1) is 11.3 Å². The van der Waals surface area contributed by atoms with E-state index >= 15 is 0 Å². The first kappa shape index (κ1) is 27.0. The first-order valence-corrected chi connectivity index (χ1v) is 13.3. The number of amidine groups is 1. The highest BCUT2D eigenvalue weighted by atomic mass is 32.1. The number of carboxylic acid groups (broad SMARTS) is 1. The number of likely N-dealkylation sites (tertiary alicyclic amines) is 1. The predicted octanol–water partition coefficient (Wildman–Crippen LogP) is 2.51. The number of nitrogens with zero attached hydrogens (tertiary/aromatic N) is 1. The third-order valence-electron chi connectivity index (χ3n) is 6.61. The van der Waals surface area contributed by atoms with Crippen molar-refractivity contribution in [3.63, 3.8) is 0 Å². The largest absolute Gasteiger partial charge is 0.480 e. The van der Waals surface area contributed by atoms with Crippen LogP contribution in [0.4, 0.5) is 0 Å². The van der Waals surface area contributed by atoms with E-state index in [1.807, 2.05) is 66.0 Å². The minimum absolute atomic E-state index is 0.0218. The average molecular weight is 534 g/mol. The monoisotopic (exact) mass is 533 g/mol. The molecular weight excluding hydrogens is 502 g/mol. The van der Waals surface area contributed by atoms with Gasteiger partial charge in [-0.05, 0) is 41.0 Å². The third-order valence-corrected chi connectivity index (χ3v) is 7.63. The van der Waals surface area contributed by atoms with E-state index in [-0.39, 0.29) is 24.2 Å². The van der Waals surface area contributed by atoms with Gasteiger partial charge in [-0.2, -0.15) is 0 Å². The summed E-state index contributed by atoms with van der Waals surface area (Å²) in [5, 5.41) is 24.7. The van der Waals surface area contributed by atoms with Crippen LogP contribution in [0.25, 0.3) is 0 Å². The SMILES string of the molecule is N=C(N)c1cc(CNC(=O)C2CCCN2C(=O)[C@H](NCC(=O)O)C(c2ccccc2)c2ccccc2)cs1. The van der Waals surface area contributed by atoms with Crippen molar-refractivity contribution < 1.29 is 19.5 Å². The number of aliphatic carboxylic acids is 1. The molecule has 38 heavy (non-hydrogen) atoms. The Hall–Kier alpha value is -4.02. The molecule has 0 aliphatic carbocycles. The molecule has 0 saturated carbocycles. The van der Waals surface area contributed by atoms with Gasteiger partial charge in [-0.1, -0.05) is 60.7 Å². The Bertz CT molecular complexity index is 1240. The molecule has 0 spiro atoms. The highest BCUT2D eigenvalue weighted by molar-refractivity contribution is 7.12. The molecule has 1 aliphatic rings. The molecule has 2 amide bonds. The number of nitrogens with two attached hydrogens (primary N) is 1. The van der Waals surface area contributed by atoms with Crippen LogP contribution in [0.2, 0.25) is 0 Å². The van der Waals surface area contributed by atoms with Gasteiger partial charge in [0.05, 0.1) is 17.5 Å². The van der Waals surface area contributed by atoms with E-state index in [4.69, 9.17) is 11.1 Å². The summed E-state index contributed by atoms with van der Waals surface area (Å²) in [4.78, 5) is 41.0. The van der Waals surface area contributed by atoms with Gasteiger partial charge in [-0.25, -0.2) is 0 Å². The van der Waals surface area contributed by atoms with E-state index in [2.05, 4.69) is 10.6 Å². The molecule has 2 aromatic carbocycles. The van der Waals surface area contributed by atoms with Gasteiger partial charge < -0.3 is 21.1 Å². The maximum absolute atomic E-state index is 14.1. The summed E-state index contributed by atoms with van der Waals surface area (Å²) < 4.78 is 0. The van der Waals surface area contributed by atoms with Crippen molar-refractivity contribution in [1.82, 2.24) is 15.5 Å². The number of benzene rings is 2. The maximum Gasteiger partial charge on any atom is 0.317 e. The molecule has 198 valence electrons. The van der Waals surface area contributed by atoms with Crippen LogP contribution in [0, 0.1) is 5.41 Å². The van der Waals surface area contributed by atoms with Gasteiger partial charge in [0.25, 0.3) is 0 Å². The summed E-state index contributed by atoms with van der Waals surface area (Å²) in [6.07, 6.45) is 1.19. The lowest BCUT2D eigenvalue weighted by Crippen LogP contribution is -2.55. The minimum atomic E-state index is -1.07. The fourth-order valence-corrected chi connectivity index (χ4v) is 5.62. The number of carbonyl (C=O) groups is 3. The molecule has 4 rings (SSSR count). The first-order chi connectivity index (χ1) is 18.3. The number of amides is 2. The Morgan fingerprint density at radius 3 is 2.26 bits per heavy atom. The molecule has 1 aromatic heterocycles. The smallest absolute Gasteiger partial charge is 0.317 e. The lowest BCUT2D eigenvalue weighted by atomic mass is 9.84. The van der Waals surface area contributed by atoms with Crippen molar-refractivity contribution >= 4 is 35.0 Å². The van der Waals surface area contributed by atoms with E-state index < -0.39 is 30.5 Å². The molecule has 2 atom stereocenters. The second-order valence-electron chi connectivity index (χ2n) is 9.19. The molecule has 9 nitrogen and oxygen atoms in total. The van der Waals surface area contributed by atoms with Gasteiger partial charge >= 0.3 is 5.97 Å². The summed E-state index contributed by atoms with van der Waals surface area (Å²) in [5.41, 5.74) is 8.10. The Morgan fingerprint density at radius 1 is 1.08 bits per heavy atom. The number of rotatable bonds is 11. The molecule has 1 unspecified atom stereocenters. The fourth-order valence-electron chi connectivity index (χ4n) is 4.84. The number of hydrogen-bond donors (Lipinski definition) is 5. The van der Waals surface area contributed by atoms with Crippen LogP contribution in [-0.4, -0.2) is 58.8 Å². The molecule has 2 heterocycles. The zero-order valence-corrected chi connectivity index (χ0v) is 21.6. The predicted molar refractivity (Wildman–Crippen MR) is 146 cm³/mol. The van der Waals surface area contributed by atoms with E-state index in [1.165, 1.54) is 11.3 Å². The van der Waals surface area contributed by atoms with Crippen LogP contribution >= 0.6 is 11.3 Å². The Kier molecular flexibility index (Phi) is 8.88. The molecule has 0 bridgehead atoms. The van der Waals surface area contributed by atoms with Crippen LogP contribution in [0.3, 0.4) is 0 Å². The lowest BCUT2D eigenvalue weighted by Gasteiger charge is -2.33. The summed E-state index contributed by atoms with van der Waals surface area (Å²) in [5.74, 6) is -2.12. The molecule has 0 radical (unpaired) electrons. The van der Waals surface area contributed by atoms with Gasteiger partial charge in [0.15, 0.2) is 0 Å². The number of nitrogen functional groups attached to an aromatic ring is 1. The van der Waals surface area contributed by atoms with Crippen LogP contribution in [0.5, 0.6) is 0 Å². The van der Waals surface area contributed by atoms with Crippen LogP contribution in [0.15, 0.2) is 72.1 Å². The van der Waals surface area contributed by atoms with Crippen LogP contribution < -0.4 is 16.4 Å². The highest BCUT2D eigenvalue weighted by Gasteiger charge is 2.40. The Balaban J connectivity index is 1.58. The van der Waals surface area contributed by atoms with E-state index in [0.717, 1.165) is 16.7 Å². The number of carbonyl (C=O) groups excluding carboxylic acids is 2. The van der Waals surface area contributed by atoms with Crippen molar-refractivity contribution in [3.05, 3.63) is 93.7 Å². The minimum Gasteiger partial charge on any atom is -0.480 e. The Labute approximate surface area is 225 Å². The van der Waals surface area contributed by atoms with Gasteiger partial charge in [-0.3, -0.25) is 25.1 Å². The van der Waals surface area contributed by atoms with Crippen molar-refractivity contribution in [3.8, 4) is 0 Å². The standard InChI is InChI=1S/C28H31N5O4S/c29-26(30)22-14-18(17-38-22)15-32-27(36)21-12-7-13-33(21)28(37)25(31-16-23(34)35)24(19-8-3-1-4-9-19)20-10-5-2-6-11-20/h1-6,8-11,14,17,21,24-25,31H,7,12-13,15-16H2,(H3,29,30)(H,32,36)(H,34,35)/t21?,25-/m1/s1. The number of carboxylic acids is 1. The molecule has 10 heteroatoms. The van der Waals surface area contributed by atoms with Crippen molar-refractivity contribution in [2.75, 3.05) is 13.1 Å². The molecule has 1 saturated heterocycles. The normalized spacial score (nSPS) is 15.8. The van der Waals surface area contributed by atoms with Crippen molar-refractivity contribution in [2.45, 2.75) is 37.4 Å². The van der Waals surface area contributed by atoms with E-state index in [9.17, 15) is 19.5 Å². The molecule has 1 aliphatic heterocycles. The van der Waals surface area contributed by atoms with Crippen LogP contribution in [0.1, 0.15) is 40.3 Å². The van der Waals surface area contributed by atoms with Crippen molar-refractivity contribution in [2.24, 2.45) is 5.73 Å². The zero-order valence-electron chi connectivity index (χ0n) is 20.8. The van der Waals surface area contributed by atoms with Crippen LogP contribution in [-0.2, 0) is 20.9 Å². The van der Waals surface area contributed by atoms with Gasteiger partial charge in [0.1, 0.15) is 11.9 Å². The summed E-state index contributed by atoms with van der Waals surface area (Å²) >= 11 is 1.34.